The zero-order valence-electron chi connectivity index (χ0n) is 19.1. The minimum absolute atomic E-state index is 0.0807. The van der Waals surface area contributed by atoms with Crippen LogP contribution in [-0.4, -0.2) is 34.1 Å². The molecule has 1 aliphatic rings. The van der Waals surface area contributed by atoms with Gasteiger partial charge < -0.3 is 14.2 Å². The third-order valence-corrected chi connectivity index (χ3v) is 5.36. The van der Waals surface area contributed by atoms with E-state index in [2.05, 4.69) is 11.8 Å². The lowest BCUT2D eigenvalue weighted by Crippen LogP contribution is -2.44. The lowest BCUT2D eigenvalue weighted by atomic mass is 10.1. The van der Waals surface area contributed by atoms with E-state index in [-0.39, 0.29) is 30.2 Å². The van der Waals surface area contributed by atoms with E-state index in [1.807, 2.05) is 58.9 Å². The van der Waals surface area contributed by atoms with Gasteiger partial charge in [0.15, 0.2) is 6.61 Å². The van der Waals surface area contributed by atoms with Crippen molar-refractivity contribution in [2.45, 2.75) is 66.1 Å². The normalized spacial score (nSPS) is 13.1. The van der Waals surface area contributed by atoms with Gasteiger partial charge in [-0.15, -0.1) is 0 Å². The van der Waals surface area contributed by atoms with Gasteiger partial charge in [-0.05, 0) is 71.2 Å². The van der Waals surface area contributed by atoms with Gasteiger partial charge in [-0.1, -0.05) is 24.0 Å². The van der Waals surface area contributed by atoms with E-state index in [4.69, 9.17) is 4.74 Å². The number of aromatic nitrogens is 1. The molecule has 1 saturated carbocycles. The average Bonchev–Trinajstić information content (AvgIpc) is 3.52. The first-order valence-corrected chi connectivity index (χ1v) is 11.0. The maximum absolute atomic E-state index is 12.7. The molecule has 0 radical (unpaired) electrons. The van der Waals surface area contributed by atoms with Crippen LogP contribution in [0, 0.1) is 24.7 Å². The van der Waals surface area contributed by atoms with Crippen molar-refractivity contribution in [3.8, 4) is 17.6 Å². The fraction of sp³-hybridized carbons (Fsp3) is 0.462. The number of aryl methyl sites for hydroxylation is 1. The van der Waals surface area contributed by atoms with Crippen molar-refractivity contribution in [1.29, 1.82) is 0 Å². The van der Waals surface area contributed by atoms with Crippen LogP contribution in [-0.2, 0) is 11.3 Å². The Bertz CT molecular complexity index is 1030. The third kappa shape index (κ3) is 6.24. The van der Waals surface area contributed by atoms with Gasteiger partial charge in [0.1, 0.15) is 5.75 Å². The van der Waals surface area contributed by atoms with Crippen molar-refractivity contribution in [2.75, 3.05) is 6.61 Å². The van der Waals surface area contributed by atoms with Gasteiger partial charge in [0.2, 0.25) is 0 Å². The molecule has 0 saturated heterocycles. The number of nitrogens with zero attached hydrogens (tertiary/aromatic N) is 2. The summed E-state index contributed by atoms with van der Waals surface area (Å²) < 4.78 is 7.37. The second-order valence-electron chi connectivity index (χ2n) is 8.77. The molecule has 5 nitrogen and oxygen atoms in total. The Hall–Kier alpha value is -3.00. The number of benzene rings is 1. The van der Waals surface area contributed by atoms with Crippen LogP contribution in [0.25, 0.3) is 0 Å². The zero-order valence-corrected chi connectivity index (χ0v) is 19.1. The highest BCUT2D eigenvalue weighted by Crippen LogP contribution is 2.27. The predicted octanol–water partition coefficient (Wildman–Crippen LogP) is 3.99. The molecule has 5 heteroatoms. The van der Waals surface area contributed by atoms with Gasteiger partial charge in [-0.2, -0.15) is 0 Å². The standard InChI is InChI=1S/C26H32N2O3/c1-18(2)28(19(3)4)26(30)17-31-24-14-20(5)27(25(29)15-24)16-23-12-10-22(11-13-23)9-8-21-6-7-21/h10-15,18-19,21H,6-7,16-17H2,1-5H3. The summed E-state index contributed by atoms with van der Waals surface area (Å²) in [5.74, 6) is 7.38. The van der Waals surface area contributed by atoms with Crippen molar-refractivity contribution in [2.24, 2.45) is 5.92 Å². The SMILES string of the molecule is Cc1cc(OCC(=O)N(C(C)C)C(C)C)cc(=O)n1Cc1ccc(C#CC2CC2)cc1. The Morgan fingerprint density at radius 3 is 2.32 bits per heavy atom. The van der Waals surface area contributed by atoms with Crippen molar-refractivity contribution >= 4 is 5.91 Å². The molecule has 0 N–H and O–H groups in total. The van der Waals surface area contributed by atoms with Crippen LogP contribution in [0.1, 0.15) is 57.4 Å². The highest BCUT2D eigenvalue weighted by Gasteiger charge is 2.20. The number of carbonyl (C=O) groups is 1. The number of pyridine rings is 1. The molecular weight excluding hydrogens is 388 g/mol. The molecule has 1 heterocycles. The summed E-state index contributed by atoms with van der Waals surface area (Å²) in [6.45, 7) is 10.2. The second kappa shape index (κ2) is 9.87. The smallest absolute Gasteiger partial charge is 0.260 e. The van der Waals surface area contributed by atoms with Gasteiger partial charge >= 0.3 is 0 Å². The van der Waals surface area contributed by atoms with E-state index in [0.717, 1.165) is 16.8 Å². The third-order valence-electron chi connectivity index (χ3n) is 5.36. The predicted molar refractivity (Wildman–Crippen MR) is 123 cm³/mol. The molecule has 0 aliphatic heterocycles. The topological polar surface area (TPSA) is 51.5 Å². The summed E-state index contributed by atoms with van der Waals surface area (Å²) >= 11 is 0. The number of ether oxygens (including phenoxy) is 1. The minimum Gasteiger partial charge on any atom is -0.484 e. The first-order valence-electron chi connectivity index (χ1n) is 11.0. The number of hydrogen-bond acceptors (Lipinski definition) is 3. The van der Waals surface area contributed by atoms with E-state index in [1.54, 1.807) is 15.5 Å². The summed E-state index contributed by atoms with van der Waals surface area (Å²) in [4.78, 5) is 27.0. The molecule has 1 aliphatic carbocycles. The van der Waals surface area contributed by atoms with Gasteiger partial charge in [0.25, 0.3) is 11.5 Å². The molecule has 0 bridgehead atoms. The molecule has 3 rings (SSSR count). The molecule has 1 fully saturated rings. The van der Waals surface area contributed by atoms with Crippen LogP contribution in [0.4, 0.5) is 0 Å². The van der Waals surface area contributed by atoms with Crippen LogP contribution in [0.15, 0.2) is 41.2 Å². The maximum atomic E-state index is 12.7. The zero-order chi connectivity index (χ0) is 22.5. The lowest BCUT2D eigenvalue weighted by Gasteiger charge is -2.30. The van der Waals surface area contributed by atoms with Crippen molar-refractivity contribution < 1.29 is 9.53 Å². The van der Waals surface area contributed by atoms with Crippen molar-refractivity contribution in [3.05, 3.63) is 63.6 Å². The highest BCUT2D eigenvalue weighted by atomic mass is 16.5. The van der Waals surface area contributed by atoms with Crippen LogP contribution >= 0.6 is 0 Å². The van der Waals surface area contributed by atoms with Crippen molar-refractivity contribution in [3.63, 3.8) is 0 Å². The first kappa shape index (κ1) is 22.7. The molecule has 1 aromatic carbocycles. The molecule has 0 spiro atoms. The van der Waals surface area contributed by atoms with Crippen LogP contribution in [0.3, 0.4) is 0 Å². The average molecular weight is 421 g/mol. The molecule has 31 heavy (non-hydrogen) atoms. The molecule has 0 unspecified atom stereocenters. The van der Waals surface area contributed by atoms with Crippen LogP contribution in [0.5, 0.6) is 5.75 Å². The Kier molecular flexibility index (Phi) is 7.22. The molecule has 0 atom stereocenters. The van der Waals surface area contributed by atoms with E-state index in [1.165, 1.54) is 18.9 Å². The van der Waals surface area contributed by atoms with E-state index in [0.29, 0.717) is 18.2 Å². The minimum atomic E-state index is -0.148. The molecule has 2 aromatic rings. The van der Waals surface area contributed by atoms with E-state index in [9.17, 15) is 9.59 Å². The summed E-state index contributed by atoms with van der Waals surface area (Å²) in [6.07, 6.45) is 2.43. The summed E-state index contributed by atoms with van der Waals surface area (Å²) in [5.41, 5.74) is 2.68. The van der Waals surface area contributed by atoms with Gasteiger partial charge in [-0.3, -0.25) is 9.59 Å². The van der Waals surface area contributed by atoms with E-state index >= 15 is 0 Å². The summed E-state index contributed by atoms with van der Waals surface area (Å²) in [7, 11) is 0. The number of hydrogen-bond donors (Lipinski definition) is 0. The fourth-order valence-corrected chi connectivity index (χ4v) is 3.67. The fourth-order valence-electron chi connectivity index (χ4n) is 3.67. The van der Waals surface area contributed by atoms with Crippen LogP contribution in [0.2, 0.25) is 0 Å². The molecule has 1 amide bonds. The second-order valence-corrected chi connectivity index (χ2v) is 8.77. The number of rotatable bonds is 7. The van der Waals surface area contributed by atoms with Crippen LogP contribution < -0.4 is 10.3 Å². The monoisotopic (exact) mass is 420 g/mol. The largest absolute Gasteiger partial charge is 0.484 e. The van der Waals surface area contributed by atoms with Gasteiger partial charge in [0, 0.05) is 35.3 Å². The Morgan fingerprint density at radius 2 is 1.77 bits per heavy atom. The molecule has 164 valence electrons. The number of carbonyl (C=O) groups excluding carboxylic acids is 1. The van der Waals surface area contributed by atoms with Crippen molar-refractivity contribution in [1.82, 2.24) is 9.47 Å². The molecular formula is C26H32N2O3. The summed E-state index contributed by atoms with van der Waals surface area (Å²) in [5, 5.41) is 0. The Balaban J connectivity index is 1.65. The molecule has 1 aromatic heterocycles. The summed E-state index contributed by atoms with van der Waals surface area (Å²) in [6, 6.07) is 11.5. The lowest BCUT2D eigenvalue weighted by molar-refractivity contribution is -0.137. The Labute approximate surface area is 185 Å². The first-order chi connectivity index (χ1) is 14.7. The Morgan fingerprint density at radius 1 is 1.13 bits per heavy atom. The highest BCUT2D eigenvalue weighted by molar-refractivity contribution is 5.78. The van der Waals surface area contributed by atoms with Gasteiger partial charge in [0.05, 0.1) is 6.54 Å². The number of amides is 1. The van der Waals surface area contributed by atoms with Gasteiger partial charge in [-0.25, -0.2) is 0 Å². The van der Waals surface area contributed by atoms with E-state index < -0.39 is 0 Å². The quantitative estimate of drug-likeness (QED) is 0.637. The maximum Gasteiger partial charge on any atom is 0.260 e.